The van der Waals surface area contributed by atoms with Crippen LogP contribution in [0.3, 0.4) is 0 Å². The molecule has 15 heavy (non-hydrogen) atoms. The molecule has 1 rings (SSSR count). The lowest BCUT2D eigenvalue weighted by molar-refractivity contribution is 0.818. The second-order valence-electron chi connectivity index (χ2n) is 3.30. The van der Waals surface area contributed by atoms with Crippen LogP contribution in [0.5, 0.6) is 0 Å². The summed E-state index contributed by atoms with van der Waals surface area (Å²) in [6, 6.07) is 7.70. The van der Waals surface area contributed by atoms with Crippen molar-refractivity contribution >= 4 is 0 Å². The van der Waals surface area contributed by atoms with Crippen LogP contribution in [0.1, 0.15) is 23.1 Å². The normalized spacial score (nSPS) is 8.87. The molecule has 0 bridgehead atoms. The van der Waals surface area contributed by atoms with Crippen LogP contribution < -0.4 is 5.32 Å². The molecule has 0 radical (unpaired) electrons. The van der Waals surface area contributed by atoms with Gasteiger partial charge >= 0.3 is 0 Å². The molecule has 0 saturated carbocycles. The molecule has 1 aromatic rings. The van der Waals surface area contributed by atoms with Crippen LogP contribution in [0.4, 0.5) is 0 Å². The van der Waals surface area contributed by atoms with Crippen LogP contribution in [0, 0.1) is 30.1 Å². The third kappa shape index (κ3) is 3.46. The first-order valence-corrected chi connectivity index (χ1v) is 4.92. The quantitative estimate of drug-likeness (QED) is 0.581. The first-order chi connectivity index (χ1) is 7.27. The van der Waals surface area contributed by atoms with Crippen LogP contribution in [-0.2, 0) is 0 Å². The number of nitrogens with one attached hydrogen (secondary N) is 1. The smallest absolute Gasteiger partial charge is 0.0992 e. The van der Waals surface area contributed by atoms with Crippen molar-refractivity contribution < 1.29 is 0 Å². The monoisotopic (exact) mass is 198 g/mol. The van der Waals surface area contributed by atoms with E-state index in [2.05, 4.69) is 23.2 Å². The van der Waals surface area contributed by atoms with Crippen LogP contribution in [0.25, 0.3) is 0 Å². The Kier molecular flexibility index (Phi) is 4.41. The number of hydrogen-bond donors (Lipinski definition) is 1. The maximum Gasteiger partial charge on any atom is 0.0992 e. The van der Waals surface area contributed by atoms with Gasteiger partial charge < -0.3 is 5.32 Å². The second kappa shape index (κ2) is 5.86. The lowest BCUT2D eigenvalue weighted by Crippen LogP contribution is -2.05. The van der Waals surface area contributed by atoms with E-state index < -0.39 is 0 Å². The fourth-order valence-electron chi connectivity index (χ4n) is 1.17. The summed E-state index contributed by atoms with van der Waals surface area (Å²) in [7, 11) is 1.91. The predicted octanol–water partition coefficient (Wildman–Crippen LogP) is 1.83. The second-order valence-corrected chi connectivity index (χ2v) is 3.30. The Morgan fingerprint density at radius 3 is 2.87 bits per heavy atom. The van der Waals surface area contributed by atoms with E-state index in [1.807, 2.05) is 32.2 Å². The highest BCUT2D eigenvalue weighted by Gasteiger charge is 1.96. The van der Waals surface area contributed by atoms with Crippen molar-refractivity contribution in [3.63, 3.8) is 0 Å². The number of nitrogens with zero attached hydrogens (tertiary/aromatic N) is 1. The summed E-state index contributed by atoms with van der Waals surface area (Å²) in [5.74, 6) is 6.15. The zero-order valence-electron chi connectivity index (χ0n) is 9.09. The number of aryl methyl sites for hydroxylation is 1. The molecule has 0 atom stereocenters. The largest absolute Gasteiger partial charge is 0.319 e. The van der Waals surface area contributed by atoms with Crippen LogP contribution >= 0.6 is 0 Å². The third-order valence-corrected chi connectivity index (χ3v) is 2.09. The van der Waals surface area contributed by atoms with Gasteiger partial charge in [-0.3, -0.25) is 0 Å². The van der Waals surface area contributed by atoms with Gasteiger partial charge in [0.05, 0.1) is 11.6 Å². The number of benzene rings is 1. The zero-order valence-corrected chi connectivity index (χ0v) is 9.09. The standard InChI is InChI=1S/C13H14N2/c1-11-6-7-12(10-14)9-13(11)5-3-4-8-15-2/h6-7,9,15H,4,8H2,1-2H3. The Labute approximate surface area is 90.9 Å². The first-order valence-electron chi connectivity index (χ1n) is 4.92. The van der Waals surface area contributed by atoms with Crippen LogP contribution in [0.2, 0.25) is 0 Å². The molecule has 2 heteroatoms. The van der Waals surface area contributed by atoms with Gasteiger partial charge in [0.1, 0.15) is 0 Å². The molecule has 0 unspecified atom stereocenters. The van der Waals surface area contributed by atoms with Crippen LogP contribution in [0.15, 0.2) is 18.2 Å². The average molecular weight is 198 g/mol. The summed E-state index contributed by atoms with van der Waals surface area (Å²) < 4.78 is 0. The van der Waals surface area contributed by atoms with E-state index in [1.165, 1.54) is 0 Å². The van der Waals surface area contributed by atoms with Crippen molar-refractivity contribution in [2.45, 2.75) is 13.3 Å². The molecule has 0 aromatic heterocycles. The highest BCUT2D eigenvalue weighted by Crippen LogP contribution is 2.08. The molecule has 0 aliphatic heterocycles. The fourth-order valence-corrected chi connectivity index (χ4v) is 1.17. The Morgan fingerprint density at radius 1 is 1.40 bits per heavy atom. The van der Waals surface area contributed by atoms with E-state index in [0.717, 1.165) is 24.1 Å². The summed E-state index contributed by atoms with van der Waals surface area (Å²) in [5, 5.41) is 11.8. The first kappa shape index (κ1) is 11.3. The van der Waals surface area contributed by atoms with Crippen molar-refractivity contribution in [2.75, 3.05) is 13.6 Å². The maximum absolute atomic E-state index is 8.75. The molecular formula is C13H14N2. The number of rotatable bonds is 2. The van der Waals surface area contributed by atoms with Gasteiger partial charge in [0, 0.05) is 18.5 Å². The molecule has 1 aromatic carbocycles. The van der Waals surface area contributed by atoms with Crippen molar-refractivity contribution in [1.29, 1.82) is 5.26 Å². The number of hydrogen-bond acceptors (Lipinski definition) is 2. The van der Waals surface area contributed by atoms with E-state index in [0.29, 0.717) is 5.56 Å². The van der Waals surface area contributed by atoms with Crippen molar-refractivity contribution in [1.82, 2.24) is 5.32 Å². The SMILES string of the molecule is CNCCC#Cc1cc(C#N)ccc1C. The van der Waals surface area contributed by atoms with E-state index >= 15 is 0 Å². The summed E-state index contributed by atoms with van der Waals surface area (Å²) in [6.07, 6.45) is 0.826. The van der Waals surface area contributed by atoms with Gasteiger partial charge in [-0.05, 0) is 31.7 Å². The van der Waals surface area contributed by atoms with Gasteiger partial charge in [0.25, 0.3) is 0 Å². The third-order valence-electron chi connectivity index (χ3n) is 2.09. The average Bonchev–Trinajstić information content (AvgIpc) is 2.26. The highest BCUT2D eigenvalue weighted by atomic mass is 14.8. The van der Waals surface area contributed by atoms with E-state index in [1.54, 1.807) is 0 Å². The van der Waals surface area contributed by atoms with Crippen molar-refractivity contribution in [2.24, 2.45) is 0 Å². The van der Waals surface area contributed by atoms with Crippen molar-refractivity contribution in [3.05, 3.63) is 34.9 Å². The molecule has 1 N–H and O–H groups in total. The lowest BCUT2D eigenvalue weighted by Gasteiger charge is -1.97. The van der Waals surface area contributed by atoms with Gasteiger partial charge in [-0.15, -0.1) is 0 Å². The summed E-state index contributed by atoms with van der Waals surface area (Å²) in [5.41, 5.74) is 2.73. The Morgan fingerprint density at radius 2 is 2.20 bits per heavy atom. The van der Waals surface area contributed by atoms with Gasteiger partial charge in [0.15, 0.2) is 0 Å². The van der Waals surface area contributed by atoms with E-state index in [4.69, 9.17) is 5.26 Å². The van der Waals surface area contributed by atoms with Gasteiger partial charge in [0.2, 0.25) is 0 Å². The van der Waals surface area contributed by atoms with Gasteiger partial charge in [-0.25, -0.2) is 0 Å². The minimum absolute atomic E-state index is 0.665. The minimum atomic E-state index is 0.665. The van der Waals surface area contributed by atoms with Gasteiger partial charge in [-0.2, -0.15) is 5.26 Å². The Balaban J connectivity index is 2.83. The Bertz CT molecular complexity index is 430. The molecule has 0 heterocycles. The zero-order chi connectivity index (χ0) is 11.1. The number of nitriles is 1. The fraction of sp³-hybridized carbons (Fsp3) is 0.308. The van der Waals surface area contributed by atoms with E-state index in [-0.39, 0.29) is 0 Å². The maximum atomic E-state index is 8.75. The highest BCUT2D eigenvalue weighted by molar-refractivity contribution is 5.46. The summed E-state index contributed by atoms with van der Waals surface area (Å²) in [4.78, 5) is 0. The summed E-state index contributed by atoms with van der Waals surface area (Å²) in [6.45, 7) is 2.90. The molecule has 0 saturated heterocycles. The van der Waals surface area contributed by atoms with Crippen LogP contribution in [-0.4, -0.2) is 13.6 Å². The molecular weight excluding hydrogens is 184 g/mol. The molecule has 0 aliphatic carbocycles. The molecule has 0 spiro atoms. The molecule has 0 aliphatic rings. The predicted molar refractivity (Wildman–Crippen MR) is 61.3 cm³/mol. The van der Waals surface area contributed by atoms with Crippen molar-refractivity contribution in [3.8, 4) is 17.9 Å². The molecule has 76 valence electrons. The molecule has 0 fully saturated rings. The van der Waals surface area contributed by atoms with Gasteiger partial charge in [-0.1, -0.05) is 17.9 Å². The molecule has 2 nitrogen and oxygen atoms in total. The summed E-state index contributed by atoms with van der Waals surface area (Å²) >= 11 is 0. The lowest BCUT2D eigenvalue weighted by atomic mass is 10.1. The minimum Gasteiger partial charge on any atom is -0.319 e. The topological polar surface area (TPSA) is 35.8 Å². The Hall–Kier alpha value is -1.77. The van der Waals surface area contributed by atoms with E-state index in [9.17, 15) is 0 Å². The molecule has 0 amide bonds.